The van der Waals surface area contributed by atoms with E-state index in [9.17, 15) is 0 Å². The topological polar surface area (TPSA) is 0 Å². The van der Waals surface area contributed by atoms with Crippen molar-refractivity contribution in [1.29, 1.82) is 0 Å². The van der Waals surface area contributed by atoms with E-state index >= 15 is 0 Å². The van der Waals surface area contributed by atoms with Crippen molar-refractivity contribution in [2.75, 3.05) is 0 Å². The molecule has 0 amide bonds. The molecule has 1 atom stereocenters. The molecule has 1 aliphatic rings. The molecule has 27 heavy (non-hydrogen) atoms. The Balaban J connectivity index is 0.00000326. The third kappa shape index (κ3) is 9.31. The molecule has 0 aromatic carbocycles. The van der Waals surface area contributed by atoms with Crippen molar-refractivity contribution in [2.24, 2.45) is 16.7 Å². The maximum absolute atomic E-state index is 2.52. The number of allylic oxidation sites excluding steroid dienone is 6. The lowest BCUT2D eigenvalue weighted by molar-refractivity contribution is 0.349. The molecule has 1 aliphatic carbocycles. The van der Waals surface area contributed by atoms with Crippen molar-refractivity contribution >= 4 is 0 Å². The van der Waals surface area contributed by atoms with E-state index in [0.29, 0.717) is 10.8 Å². The molecule has 0 bridgehead atoms. The van der Waals surface area contributed by atoms with Gasteiger partial charge in [0, 0.05) is 0 Å². The Morgan fingerprint density at radius 1 is 1.00 bits per heavy atom. The Morgan fingerprint density at radius 2 is 1.56 bits per heavy atom. The molecule has 1 unspecified atom stereocenters. The molecule has 0 N–H and O–H groups in total. The molecule has 158 valence electrons. The van der Waals surface area contributed by atoms with Crippen molar-refractivity contribution in [2.45, 2.75) is 121 Å². The Hall–Kier alpha value is -0.780. The second kappa shape index (κ2) is 11.9. The molecule has 0 nitrogen and oxygen atoms in total. The lowest BCUT2D eigenvalue weighted by atomic mass is 9.68. The Morgan fingerprint density at radius 3 is 2.07 bits per heavy atom. The normalized spacial score (nSPS) is 19.7. The van der Waals surface area contributed by atoms with Gasteiger partial charge in [0.05, 0.1) is 0 Å². The van der Waals surface area contributed by atoms with Crippen LogP contribution in [0.4, 0.5) is 0 Å². The van der Waals surface area contributed by atoms with Crippen molar-refractivity contribution < 1.29 is 0 Å². The monoisotopic (exact) mass is 374 g/mol. The molecule has 0 heterocycles. The standard InChI is InChI=1S/C25H44.C2H6/c1-10-12-19(2)17-24(6,7)16-15-20(3)18-25(8,9)23-21(4)13-11-14-22(23)5;1-2/h12,15,21H,10-11,13-14,16-18H2,1-9H3;1-2H3/b19-12+,20-15+;. The summed E-state index contributed by atoms with van der Waals surface area (Å²) in [5.74, 6) is 0.759. The molecule has 0 heteroatoms. The summed E-state index contributed by atoms with van der Waals surface area (Å²) in [4.78, 5) is 0. The van der Waals surface area contributed by atoms with Crippen molar-refractivity contribution in [3.05, 3.63) is 34.4 Å². The van der Waals surface area contributed by atoms with Crippen LogP contribution in [-0.4, -0.2) is 0 Å². The van der Waals surface area contributed by atoms with Gasteiger partial charge in [-0.25, -0.2) is 0 Å². The molecule has 0 fully saturated rings. The zero-order chi connectivity index (χ0) is 21.3. The van der Waals surface area contributed by atoms with Gasteiger partial charge < -0.3 is 0 Å². The van der Waals surface area contributed by atoms with Gasteiger partial charge in [-0.05, 0) is 82.5 Å². The van der Waals surface area contributed by atoms with Crippen LogP contribution in [0, 0.1) is 16.7 Å². The van der Waals surface area contributed by atoms with E-state index < -0.39 is 0 Å². The first-order valence-electron chi connectivity index (χ1n) is 11.5. The van der Waals surface area contributed by atoms with Gasteiger partial charge in [0.1, 0.15) is 0 Å². The molecule has 0 aromatic heterocycles. The van der Waals surface area contributed by atoms with Crippen molar-refractivity contribution in [3.8, 4) is 0 Å². The van der Waals surface area contributed by atoms with Gasteiger partial charge in [-0.15, -0.1) is 0 Å². The van der Waals surface area contributed by atoms with E-state index in [1.807, 2.05) is 13.8 Å². The largest absolute Gasteiger partial charge is 0.0859 e. The summed E-state index contributed by atoms with van der Waals surface area (Å²) in [6.07, 6.45) is 13.7. The molecule has 0 saturated heterocycles. The molecular formula is C27H50. The van der Waals surface area contributed by atoms with Gasteiger partial charge in [-0.3, -0.25) is 0 Å². The van der Waals surface area contributed by atoms with E-state index in [1.165, 1.54) is 44.1 Å². The van der Waals surface area contributed by atoms with Crippen LogP contribution >= 0.6 is 0 Å². The first kappa shape index (κ1) is 26.2. The second-order valence-corrected chi connectivity index (χ2v) is 10.1. The van der Waals surface area contributed by atoms with E-state index in [2.05, 4.69) is 74.5 Å². The zero-order valence-electron chi connectivity index (χ0n) is 20.7. The molecule has 0 saturated carbocycles. The minimum absolute atomic E-state index is 0.298. The van der Waals surface area contributed by atoms with E-state index in [1.54, 1.807) is 16.7 Å². The maximum Gasteiger partial charge on any atom is -0.0102 e. The molecular weight excluding hydrogens is 324 g/mol. The molecule has 0 aromatic rings. The van der Waals surface area contributed by atoms with Gasteiger partial charge in [0.25, 0.3) is 0 Å². The van der Waals surface area contributed by atoms with Crippen LogP contribution in [-0.2, 0) is 0 Å². The summed E-state index contributed by atoms with van der Waals surface area (Å²) in [7, 11) is 0. The van der Waals surface area contributed by atoms with Crippen molar-refractivity contribution in [3.63, 3.8) is 0 Å². The van der Waals surface area contributed by atoms with Gasteiger partial charge >= 0.3 is 0 Å². The summed E-state index contributed by atoms with van der Waals surface area (Å²) in [5, 5.41) is 0. The summed E-state index contributed by atoms with van der Waals surface area (Å²) < 4.78 is 0. The van der Waals surface area contributed by atoms with Crippen LogP contribution in [0.1, 0.15) is 121 Å². The van der Waals surface area contributed by atoms with Crippen LogP contribution < -0.4 is 0 Å². The zero-order valence-corrected chi connectivity index (χ0v) is 20.7. The fourth-order valence-corrected chi connectivity index (χ4v) is 5.18. The highest BCUT2D eigenvalue weighted by atomic mass is 14.4. The third-order valence-corrected chi connectivity index (χ3v) is 5.90. The highest BCUT2D eigenvalue weighted by Crippen LogP contribution is 2.44. The number of hydrogen-bond acceptors (Lipinski definition) is 0. The first-order chi connectivity index (χ1) is 12.5. The van der Waals surface area contributed by atoms with E-state index in [-0.39, 0.29) is 0 Å². The maximum atomic E-state index is 2.52. The van der Waals surface area contributed by atoms with Gasteiger partial charge in [0.15, 0.2) is 0 Å². The van der Waals surface area contributed by atoms with Crippen LogP contribution in [0.25, 0.3) is 0 Å². The quantitative estimate of drug-likeness (QED) is 0.371. The fourth-order valence-electron chi connectivity index (χ4n) is 5.18. The summed E-state index contributed by atoms with van der Waals surface area (Å²) >= 11 is 0. The minimum Gasteiger partial charge on any atom is -0.0859 e. The fraction of sp³-hybridized carbons (Fsp3) is 0.778. The lowest BCUT2D eigenvalue weighted by Gasteiger charge is -2.37. The molecule has 1 rings (SSSR count). The summed E-state index contributed by atoms with van der Waals surface area (Å²) in [5.41, 5.74) is 7.16. The second-order valence-electron chi connectivity index (χ2n) is 10.1. The molecule has 0 spiro atoms. The Labute approximate surface area is 172 Å². The summed E-state index contributed by atoms with van der Waals surface area (Å²) in [6.45, 7) is 25.4. The third-order valence-electron chi connectivity index (χ3n) is 5.90. The highest BCUT2D eigenvalue weighted by molar-refractivity contribution is 5.26. The van der Waals surface area contributed by atoms with Gasteiger partial charge in [0.2, 0.25) is 0 Å². The molecule has 0 radical (unpaired) electrons. The predicted molar refractivity (Wildman–Crippen MR) is 126 cm³/mol. The van der Waals surface area contributed by atoms with Gasteiger partial charge in [-0.1, -0.05) is 89.8 Å². The predicted octanol–water partition coefficient (Wildman–Crippen LogP) is 9.67. The Bertz CT molecular complexity index is 522. The average Bonchev–Trinajstić information content (AvgIpc) is 2.54. The number of hydrogen-bond donors (Lipinski definition) is 0. The molecule has 0 aliphatic heterocycles. The van der Waals surface area contributed by atoms with E-state index in [0.717, 1.165) is 12.3 Å². The smallest absolute Gasteiger partial charge is 0.0102 e. The highest BCUT2D eigenvalue weighted by Gasteiger charge is 2.31. The SMILES string of the molecule is CC.CC/C=C(\C)CC(C)(C)C/C=C(\C)CC(C)(C)C1=C(C)CCCC1C. The lowest BCUT2D eigenvalue weighted by Crippen LogP contribution is -2.24. The van der Waals surface area contributed by atoms with Crippen LogP contribution in [0.15, 0.2) is 34.4 Å². The van der Waals surface area contributed by atoms with Crippen LogP contribution in [0.5, 0.6) is 0 Å². The summed E-state index contributed by atoms with van der Waals surface area (Å²) in [6, 6.07) is 0. The van der Waals surface area contributed by atoms with Crippen LogP contribution in [0.2, 0.25) is 0 Å². The minimum atomic E-state index is 0.298. The van der Waals surface area contributed by atoms with Crippen molar-refractivity contribution in [1.82, 2.24) is 0 Å². The Kier molecular flexibility index (Phi) is 11.6. The van der Waals surface area contributed by atoms with Gasteiger partial charge in [-0.2, -0.15) is 0 Å². The number of rotatable bonds is 8. The first-order valence-corrected chi connectivity index (χ1v) is 11.5. The van der Waals surface area contributed by atoms with Crippen LogP contribution in [0.3, 0.4) is 0 Å². The van der Waals surface area contributed by atoms with E-state index in [4.69, 9.17) is 0 Å². The average molecular weight is 375 g/mol.